The number of nitrogens with two attached hydrogens (primary N) is 1. The molecule has 0 heterocycles. The minimum Gasteiger partial charge on any atom is -0.493 e. The molecule has 23 heavy (non-hydrogen) atoms. The molecule has 0 radical (unpaired) electrons. The molecule has 0 bridgehead atoms. The minimum absolute atomic E-state index is 0.633. The van der Waals surface area contributed by atoms with Crippen LogP contribution in [0, 0.1) is 6.92 Å². The maximum Gasteiger partial charge on any atom is 0.161 e. The second-order valence-corrected chi connectivity index (χ2v) is 5.25. The van der Waals surface area contributed by atoms with Gasteiger partial charge in [-0.3, -0.25) is 0 Å². The summed E-state index contributed by atoms with van der Waals surface area (Å²) >= 11 is 0. The molecule has 2 aromatic rings. The zero-order chi connectivity index (χ0) is 16.5. The minimum atomic E-state index is 0.633. The van der Waals surface area contributed by atoms with Gasteiger partial charge in [0, 0.05) is 11.3 Å². The zero-order valence-corrected chi connectivity index (χ0v) is 13.9. The lowest BCUT2D eigenvalue weighted by molar-refractivity contribution is 0.251. The summed E-state index contributed by atoms with van der Waals surface area (Å²) in [4.78, 5) is 0. The molecular weight excluding hydrogens is 290 g/mol. The molecule has 0 amide bonds. The number of hydrogen-bond donors (Lipinski definition) is 1. The summed E-state index contributed by atoms with van der Waals surface area (Å²) in [5.74, 6) is 2.44. The summed E-state index contributed by atoms with van der Waals surface area (Å²) < 4.78 is 17.1. The van der Waals surface area contributed by atoms with Crippen molar-refractivity contribution in [2.45, 2.75) is 26.7 Å². The number of benzene rings is 2. The highest BCUT2D eigenvalue weighted by Gasteiger charge is 2.04. The van der Waals surface area contributed by atoms with E-state index in [2.05, 4.69) is 0 Å². The lowest BCUT2D eigenvalue weighted by Crippen LogP contribution is -2.04. The summed E-state index contributed by atoms with van der Waals surface area (Å²) in [6.45, 7) is 5.86. The first-order chi connectivity index (χ1) is 11.2. The van der Waals surface area contributed by atoms with Crippen LogP contribution in [0.2, 0.25) is 0 Å². The topological polar surface area (TPSA) is 53.7 Å². The Hall–Kier alpha value is -2.36. The predicted molar refractivity (Wildman–Crippen MR) is 93.4 cm³/mol. The van der Waals surface area contributed by atoms with Crippen LogP contribution < -0.4 is 19.9 Å². The SMILES string of the molecule is CCOc1ccccc1OCCCCOc1cccc(N)c1C. The monoisotopic (exact) mass is 315 g/mol. The van der Waals surface area contributed by atoms with Gasteiger partial charge in [-0.05, 0) is 51.0 Å². The summed E-state index contributed by atoms with van der Waals surface area (Å²) in [5, 5.41) is 0. The van der Waals surface area contributed by atoms with E-state index in [1.165, 1.54) is 0 Å². The van der Waals surface area contributed by atoms with Crippen LogP contribution >= 0.6 is 0 Å². The van der Waals surface area contributed by atoms with Crippen molar-refractivity contribution in [1.29, 1.82) is 0 Å². The Labute approximate surface area is 138 Å². The van der Waals surface area contributed by atoms with Gasteiger partial charge in [0.25, 0.3) is 0 Å². The Bertz CT molecular complexity index is 613. The van der Waals surface area contributed by atoms with Crippen molar-refractivity contribution in [2.75, 3.05) is 25.6 Å². The summed E-state index contributed by atoms with van der Waals surface area (Å²) in [6, 6.07) is 13.5. The molecule has 2 aromatic carbocycles. The molecule has 4 nitrogen and oxygen atoms in total. The van der Waals surface area contributed by atoms with Crippen molar-refractivity contribution in [2.24, 2.45) is 0 Å². The number of para-hydroxylation sites is 2. The molecule has 0 saturated carbocycles. The normalized spacial score (nSPS) is 10.3. The van der Waals surface area contributed by atoms with E-state index in [1.807, 2.05) is 56.3 Å². The van der Waals surface area contributed by atoms with E-state index in [4.69, 9.17) is 19.9 Å². The van der Waals surface area contributed by atoms with Gasteiger partial charge in [-0.15, -0.1) is 0 Å². The fourth-order valence-electron chi connectivity index (χ4n) is 2.20. The van der Waals surface area contributed by atoms with Crippen LogP contribution in [0.25, 0.3) is 0 Å². The van der Waals surface area contributed by atoms with E-state index < -0.39 is 0 Å². The van der Waals surface area contributed by atoms with E-state index >= 15 is 0 Å². The fraction of sp³-hybridized carbons (Fsp3) is 0.368. The van der Waals surface area contributed by atoms with Gasteiger partial charge in [0.2, 0.25) is 0 Å². The number of rotatable bonds is 9. The van der Waals surface area contributed by atoms with Crippen LogP contribution in [-0.2, 0) is 0 Å². The van der Waals surface area contributed by atoms with E-state index in [0.29, 0.717) is 19.8 Å². The number of anilines is 1. The largest absolute Gasteiger partial charge is 0.493 e. The zero-order valence-electron chi connectivity index (χ0n) is 13.9. The molecule has 2 N–H and O–H groups in total. The first-order valence-electron chi connectivity index (χ1n) is 8.05. The molecule has 0 aliphatic heterocycles. The van der Waals surface area contributed by atoms with Crippen LogP contribution in [0.5, 0.6) is 17.2 Å². The fourth-order valence-corrected chi connectivity index (χ4v) is 2.20. The van der Waals surface area contributed by atoms with Crippen molar-refractivity contribution >= 4 is 5.69 Å². The quantitative estimate of drug-likeness (QED) is 0.556. The molecule has 0 aliphatic rings. The van der Waals surface area contributed by atoms with Crippen LogP contribution in [0.15, 0.2) is 42.5 Å². The van der Waals surface area contributed by atoms with E-state index in [0.717, 1.165) is 41.3 Å². The molecule has 0 unspecified atom stereocenters. The van der Waals surface area contributed by atoms with Gasteiger partial charge in [0.1, 0.15) is 5.75 Å². The highest BCUT2D eigenvalue weighted by atomic mass is 16.5. The van der Waals surface area contributed by atoms with Crippen LogP contribution in [-0.4, -0.2) is 19.8 Å². The second-order valence-electron chi connectivity index (χ2n) is 5.25. The maximum atomic E-state index is 5.86. The third kappa shape index (κ3) is 5.09. The molecule has 0 fully saturated rings. The van der Waals surface area contributed by atoms with E-state index in [1.54, 1.807) is 0 Å². The van der Waals surface area contributed by atoms with Gasteiger partial charge in [-0.2, -0.15) is 0 Å². The Morgan fingerprint density at radius 1 is 0.783 bits per heavy atom. The smallest absolute Gasteiger partial charge is 0.161 e. The molecule has 4 heteroatoms. The van der Waals surface area contributed by atoms with Gasteiger partial charge in [-0.1, -0.05) is 18.2 Å². The van der Waals surface area contributed by atoms with Gasteiger partial charge in [-0.25, -0.2) is 0 Å². The molecule has 0 saturated heterocycles. The summed E-state index contributed by atoms with van der Waals surface area (Å²) in [5.41, 5.74) is 7.62. The van der Waals surface area contributed by atoms with Gasteiger partial charge < -0.3 is 19.9 Å². The van der Waals surface area contributed by atoms with Crippen molar-refractivity contribution in [3.8, 4) is 17.2 Å². The van der Waals surface area contributed by atoms with Crippen LogP contribution in [0.4, 0.5) is 5.69 Å². The summed E-state index contributed by atoms with van der Waals surface area (Å²) in [7, 11) is 0. The second kappa shape index (κ2) is 8.93. The third-order valence-electron chi connectivity index (χ3n) is 3.53. The van der Waals surface area contributed by atoms with Crippen molar-refractivity contribution < 1.29 is 14.2 Å². The van der Waals surface area contributed by atoms with E-state index in [9.17, 15) is 0 Å². The van der Waals surface area contributed by atoms with Crippen molar-refractivity contribution in [3.63, 3.8) is 0 Å². The standard InChI is InChI=1S/C19H25NO3/c1-3-21-18-10-4-5-11-19(18)23-14-7-6-13-22-17-12-8-9-16(20)15(17)2/h4-5,8-12H,3,6-7,13-14,20H2,1-2H3. The average molecular weight is 315 g/mol. The Kier molecular flexibility index (Phi) is 6.60. The molecule has 0 atom stereocenters. The number of unbranched alkanes of at least 4 members (excludes halogenated alkanes) is 1. The molecule has 0 spiro atoms. The predicted octanol–water partition coefficient (Wildman–Crippen LogP) is 4.21. The molecule has 0 aromatic heterocycles. The van der Waals surface area contributed by atoms with Crippen molar-refractivity contribution in [1.82, 2.24) is 0 Å². The average Bonchev–Trinajstić information content (AvgIpc) is 2.56. The Morgan fingerprint density at radius 3 is 2.00 bits per heavy atom. The molecular formula is C19H25NO3. The number of ether oxygens (including phenoxy) is 3. The molecule has 124 valence electrons. The highest BCUT2D eigenvalue weighted by Crippen LogP contribution is 2.26. The van der Waals surface area contributed by atoms with Crippen LogP contribution in [0.1, 0.15) is 25.3 Å². The Morgan fingerprint density at radius 2 is 1.35 bits per heavy atom. The lowest BCUT2D eigenvalue weighted by Gasteiger charge is -2.12. The van der Waals surface area contributed by atoms with Crippen LogP contribution in [0.3, 0.4) is 0 Å². The van der Waals surface area contributed by atoms with E-state index in [-0.39, 0.29) is 0 Å². The Balaban J connectivity index is 1.69. The number of hydrogen-bond acceptors (Lipinski definition) is 4. The lowest BCUT2D eigenvalue weighted by atomic mass is 10.2. The number of nitrogen functional groups attached to an aromatic ring is 1. The van der Waals surface area contributed by atoms with Gasteiger partial charge in [0.15, 0.2) is 11.5 Å². The third-order valence-corrected chi connectivity index (χ3v) is 3.53. The van der Waals surface area contributed by atoms with Gasteiger partial charge >= 0.3 is 0 Å². The first kappa shape index (κ1) is 17.0. The molecule has 0 aliphatic carbocycles. The maximum absolute atomic E-state index is 5.86. The van der Waals surface area contributed by atoms with Crippen molar-refractivity contribution in [3.05, 3.63) is 48.0 Å². The molecule has 2 rings (SSSR count). The van der Waals surface area contributed by atoms with Gasteiger partial charge in [0.05, 0.1) is 19.8 Å². The highest BCUT2D eigenvalue weighted by molar-refractivity contribution is 5.53. The summed E-state index contributed by atoms with van der Waals surface area (Å²) in [6.07, 6.45) is 1.84. The first-order valence-corrected chi connectivity index (χ1v) is 8.05.